The molecule has 0 spiro atoms. The fraction of sp³-hybridized carbons (Fsp3) is 0.417. The van der Waals surface area contributed by atoms with Gasteiger partial charge in [-0.3, -0.25) is 0 Å². The second-order valence-corrected chi connectivity index (χ2v) is 4.96. The summed E-state index contributed by atoms with van der Waals surface area (Å²) in [5, 5.41) is 4.14. The van der Waals surface area contributed by atoms with Crippen LogP contribution in [0, 0.1) is 5.92 Å². The van der Waals surface area contributed by atoms with E-state index in [0.717, 1.165) is 35.0 Å². The third kappa shape index (κ3) is 1.60. The Morgan fingerprint density at radius 1 is 1.38 bits per heavy atom. The minimum absolute atomic E-state index is 0.492. The van der Waals surface area contributed by atoms with Crippen molar-refractivity contribution < 1.29 is 0 Å². The van der Waals surface area contributed by atoms with Crippen LogP contribution in [0.3, 0.4) is 0 Å². The standard InChI is InChI=1S/C12H14ClN3/c1-7-5-14-6-9(7)12-15-10-3-2-8(13)4-11(10)16-12/h2-4,7,9,14H,5-6H2,1H3,(H,15,16)/t7-,9-/m1/s1. The number of aromatic amines is 1. The number of hydrogen-bond donors (Lipinski definition) is 2. The van der Waals surface area contributed by atoms with Crippen molar-refractivity contribution in [2.75, 3.05) is 13.1 Å². The van der Waals surface area contributed by atoms with Crippen LogP contribution in [0.5, 0.6) is 0 Å². The van der Waals surface area contributed by atoms with Gasteiger partial charge in [0.05, 0.1) is 11.0 Å². The van der Waals surface area contributed by atoms with Crippen LogP contribution in [0.1, 0.15) is 18.7 Å². The van der Waals surface area contributed by atoms with Crippen LogP contribution in [-0.4, -0.2) is 23.1 Å². The summed E-state index contributed by atoms with van der Waals surface area (Å²) in [5.41, 5.74) is 2.03. The Labute approximate surface area is 99.2 Å². The van der Waals surface area contributed by atoms with E-state index >= 15 is 0 Å². The maximum Gasteiger partial charge on any atom is 0.111 e. The molecule has 1 aromatic carbocycles. The fourth-order valence-corrected chi connectivity index (χ4v) is 2.53. The second kappa shape index (κ2) is 3.75. The molecule has 0 radical (unpaired) electrons. The Bertz CT molecular complexity index is 520. The molecule has 16 heavy (non-hydrogen) atoms. The van der Waals surface area contributed by atoms with Crippen molar-refractivity contribution in [1.82, 2.24) is 15.3 Å². The molecular formula is C12H14ClN3. The number of benzene rings is 1. The molecule has 84 valence electrons. The normalized spacial score (nSPS) is 25.4. The Morgan fingerprint density at radius 2 is 2.25 bits per heavy atom. The Balaban J connectivity index is 2.04. The molecule has 2 N–H and O–H groups in total. The summed E-state index contributed by atoms with van der Waals surface area (Å²) in [6.45, 7) is 4.34. The Kier molecular flexibility index (Phi) is 2.37. The second-order valence-electron chi connectivity index (χ2n) is 4.53. The molecule has 0 saturated carbocycles. The van der Waals surface area contributed by atoms with Gasteiger partial charge < -0.3 is 10.3 Å². The third-order valence-corrected chi connectivity index (χ3v) is 3.57. The average molecular weight is 236 g/mol. The van der Waals surface area contributed by atoms with Crippen molar-refractivity contribution in [3.8, 4) is 0 Å². The van der Waals surface area contributed by atoms with E-state index in [4.69, 9.17) is 11.6 Å². The SMILES string of the molecule is C[C@@H]1CNC[C@H]1c1nc2ccc(Cl)cc2[nH]1. The topological polar surface area (TPSA) is 40.7 Å². The molecule has 2 atom stereocenters. The molecular weight excluding hydrogens is 222 g/mol. The largest absolute Gasteiger partial charge is 0.342 e. The number of fused-ring (bicyclic) bond motifs is 1. The van der Waals surface area contributed by atoms with Crippen LogP contribution < -0.4 is 5.32 Å². The Morgan fingerprint density at radius 3 is 3.00 bits per heavy atom. The van der Waals surface area contributed by atoms with E-state index < -0.39 is 0 Å². The first-order chi connectivity index (χ1) is 7.74. The lowest BCUT2D eigenvalue weighted by atomic mass is 9.98. The molecule has 0 amide bonds. The van der Waals surface area contributed by atoms with Gasteiger partial charge >= 0.3 is 0 Å². The minimum Gasteiger partial charge on any atom is -0.342 e. The van der Waals surface area contributed by atoms with Gasteiger partial charge in [-0.2, -0.15) is 0 Å². The molecule has 4 heteroatoms. The lowest BCUT2D eigenvalue weighted by molar-refractivity contribution is 0.551. The predicted octanol–water partition coefficient (Wildman–Crippen LogP) is 2.54. The molecule has 1 aromatic heterocycles. The molecule has 1 aliphatic heterocycles. The van der Waals surface area contributed by atoms with Gasteiger partial charge in [0.25, 0.3) is 0 Å². The van der Waals surface area contributed by atoms with E-state index in [0.29, 0.717) is 11.8 Å². The first-order valence-corrected chi connectivity index (χ1v) is 5.98. The maximum atomic E-state index is 5.96. The van der Waals surface area contributed by atoms with Gasteiger partial charge in [0.15, 0.2) is 0 Å². The van der Waals surface area contributed by atoms with Crippen LogP contribution in [0.2, 0.25) is 5.02 Å². The van der Waals surface area contributed by atoms with Gasteiger partial charge in [-0.25, -0.2) is 4.98 Å². The predicted molar refractivity (Wildman–Crippen MR) is 65.9 cm³/mol. The van der Waals surface area contributed by atoms with Crippen molar-refractivity contribution >= 4 is 22.6 Å². The van der Waals surface area contributed by atoms with E-state index in [1.165, 1.54) is 0 Å². The third-order valence-electron chi connectivity index (χ3n) is 3.33. The first-order valence-electron chi connectivity index (χ1n) is 5.60. The number of aromatic nitrogens is 2. The maximum absolute atomic E-state index is 5.96. The molecule has 1 saturated heterocycles. The summed E-state index contributed by atoms with van der Waals surface area (Å²) in [6, 6.07) is 5.77. The van der Waals surface area contributed by atoms with Crippen molar-refractivity contribution in [2.45, 2.75) is 12.8 Å². The molecule has 1 fully saturated rings. The van der Waals surface area contributed by atoms with Crippen LogP contribution in [0.15, 0.2) is 18.2 Å². The molecule has 3 rings (SSSR count). The van der Waals surface area contributed by atoms with Crippen molar-refractivity contribution in [2.24, 2.45) is 5.92 Å². The zero-order valence-electron chi connectivity index (χ0n) is 9.13. The summed E-state index contributed by atoms with van der Waals surface area (Å²) >= 11 is 5.96. The van der Waals surface area contributed by atoms with Gasteiger partial charge in [-0.15, -0.1) is 0 Å². The highest BCUT2D eigenvalue weighted by atomic mass is 35.5. The van der Waals surface area contributed by atoms with E-state index in [-0.39, 0.29) is 0 Å². The minimum atomic E-state index is 0.492. The lowest BCUT2D eigenvalue weighted by Gasteiger charge is -2.09. The highest BCUT2D eigenvalue weighted by Crippen LogP contribution is 2.27. The van der Waals surface area contributed by atoms with E-state index in [9.17, 15) is 0 Å². The van der Waals surface area contributed by atoms with Crippen molar-refractivity contribution in [3.63, 3.8) is 0 Å². The highest BCUT2D eigenvalue weighted by Gasteiger charge is 2.27. The summed E-state index contributed by atoms with van der Waals surface area (Å²) in [7, 11) is 0. The fourth-order valence-electron chi connectivity index (χ4n) is 2.35. The van der Waals surface area contributed by atoms with E-state index in [2.05, 4.69) is 22.2 Å². The molecule has 2 heterocycles. The van der Waals surface area contributed by atoms with Crippen LogP contribution >= 0.6 is 11.6 Å². The monoisotopic (exact) mass is 235 g/mol. The first kappa shape index (κ1) is 10.1. The van der Waals surface area contributed by atoms with Gasteiger partial charge in [0.1, 0.15) is 5.82 Å². The number of nitrogens with one attached hydrogen (secondary N) is 2. The lowest BCUT2D eigenvalue weighted by Crippen LogP contribution is -2.09. The van der Waals surface area contributed by atoms with Crippen LogP contribution in [-0.2, 0) is 0 Å². The van der Waals surface area contributed by atoms with Gasteiger partial charge in [-0.05, 0) is 30.7 Å². The van der Waals surface area contributed by atoms with Crippen LogP contribution in [0.25, 0.3) is 11.0 Å². The number of H-pyrrole nitrogens is 1. The number of hydrogen-bond acceptors (Lipinski definition) is 2. The number of halogens is 1. The smallest absolute Gasteiger partial charge is 0.111 e. The molecule has 0 aliphatic carbocycles. The summed E-state index contributed by atoms with van der Waals surface area (Å²) < 4.78 is 0. The van der Waals surface area contributed by atoms with Crippen LogP contribution in [0.4, 0.5) is 0 Å². The number of rotatable bonds is 1. The number of nitrogens with zero attached hydrogens (tertiary/aromatic N) is 1. The van der Waals surface area contributed by atoms with E-state index in [1.54, 1.807) is 0 Å². The molecule has 1 aliphatic rings. The summed E-state index contributed by atoms with van der Waals surface area (Å²) in [5.74, 6) is 2.21. The number of imidazole rings is 1. The van der Waals surface area contributed by atoms with Crippen molar-refractivity contribution in [3.05, 3.63) is 29.0 Å². The van der Waals surface area contributed by atoms with Gasteiger partial charge in [-0.1, -0.05) is 18.5 Å². The van der Waals surface area contributed by atoms with E-state index in [1.807, 2.05) is 18.2 Å². The summed E-state index contributed by atoms with van der Waals surface area (Å²) in [4.78, 5) is 8.01. The zero-order chi connectivity index (χ0) is 11.1. The van der Waals surface area contributed by atoms with Gasteiger partial charge in [0.2, 0.25) is 0 Å². The molecule has 2 aromatic rings. The zero-order valence-corrected chi connectivity index (χ0v) is 9.88. The molecule has 0 unspecified atom stereocenters. The van der Waals surface area contributed by atoms with Crippen molar-refractivity contribution in [1.29, 1.82) is 0 Å². The molecule has 0 bridgehead atoms. The quantitative estimate of drug-likeness (QED) is 0.798. The Hall–Kier alpha value is -1.06. The highest BCUT2D eigenvalue weighted by molar-refractivity contribution is 6.31. The average Bonchev–Trinajstić information content (AvgIpc) is 2.82. The molecule has 3 nitrogen and oxygen atoms in total. The summed E-state index contributed by atoms with van der Waals surface area (Å²) in [6.07, 6.45) is 0. The van der Waals surface area contributed by atoms with Gasteiger partial charge in [0, 0.05) is 17.5 Å².